The summed E-state index contributed by atoms with van der Waals surface area (Å²) in [5.41, 5.74) is 10.6. The Hall–Kier alpha value is -2.49. The van der Waals surface area contributed by atoms with Crippen molar-refractivity contribution in [1.29, 1.82) is 0 Å². The van der Waals surface area contributed by atoms with E-state index in [0.29, 0.717) is 12.6 Å². The van der Waals surface area contributed by atoms with Gasteiger partial charge in [-0.1, -0.05) is 24.3 Å². The molecule has 0 spiro atoms. The van der Waals surface area contributed by atoms with Crippen LogP contribution in [-0.4, -0.2) is 4.98 Å². The van der Waals surface area contributed by atoms with Gasteiger partial charge in [0.25, 0.3) is 6.01 Å². The molecule has 0 amide bonds. The zero-order valence-electron chi connectivity index (χ0n) is 10.7. The molecule has 0 aliphatic rings. The van der Waals surface area contributed by atoms with Crippen LogP contribution in [0.25, 0.3) is 11.1 Å². The van der Waals surface area contributed by atoms with E-state index in [2.05, 4.69) is 10.3 Å². The first-order valence-corrected chi connectivity index (χ1v) is 6.17. The van der Waals surface area contributed by atoms with E-state index in [4.69, 9.17) is 10.2 Å². The van der Waals surface area contributed by atoms with E-state index < -0.39 is 0 Å². The van der Waals surface area contributed by atoms with Crippen molar-refractivity contribution in [2.45, 2.75) is 13.5 Å². The molecule has 96 valence electrons. The summed E-state index contributed by atoms with van der Waals surface area (Å²) >= 11 is 0. The van der Waals surface area contributed by atoms with E-state index in [0.717, 1.165) is 27.9 Å². The van der Waals surface area contributed by atoms with E-state index in [1.54, 1.807) is 0 Å². The first-order chi connectivity index (χ1) is 9.24. The Morgan fingerprint density at radius 3 is 2.84 bits per heavy atom. The van der Waals surface area contributed by atoms with Crippen LogP contribution in [0.3, 0.4) is 0 Å². The minimum absolute atomic E-state index is 0.531. The molecule has 0 saturated heterocycles. The van der Waals surface area contributed by atoms with Crippen LogP contribution in [-0.2, 0) is 6.54 Å². The molecule has 0 unspecified atom stereocenters. The lowest BCUT2D eigenvalue weighted by Gasteiger charge is -2.08. The zero-order chi connectivity index (χ0) is 13.2. The van der Waals surface area contributed by atoms with Gasteiger partial charge in [-0.15, -0.1) is 0 Å². The van der Waals surface area contributed by atoms with E-state index in [9.17, 15) is 0 Å². The maximum absolute atomic E-state index is 5.88. The first kappa shape index (κ1) is 11.6. The van der Waals surface area contributed by atoms with Crippen molar-refractivity contribution in [3.63, 3.8) is 0 Å². The number of nitrogens with one attached hydrogen (secondary N) is 1. The highest BCUT2D eigenvalue weighted by Gasteiger charge is 2.06. The quantitative estimate of drug-likeness (QED) is 0.703. The van der Waals surface area contributed by atoms with Crippen LogP contribution in [0.1, 0.15) is 11.1 Å². The number of rotatable bonds is 3. The molecular weight excluding hydrogens is 238 g/mol. The normalized spacial score (nSPS) is 10.8. The Kier molecular flexibility index (Phi) is 2.83. The first-order valence-electron chi connectivity index (χ1n) is 6.17. The molecule has 3 rings (SSSR count). The molecule has 0 aliphatic carbocycles. The molecule has 1 aromatic heterocycles. The number of nitrogen functional groups attached to an aromatic ring is 1. The van der Waals surface area contributed by atoms with Crippen molar-refractivity contribution in [2.75, 3.05) is 11.1 Å². The van der Waals surface area contributed by atoms with Gasteiger partial charge < -0.3 is 15.5 Å². The maximum atomic E-state index is 5.88. The van der Waals surface area contributed by atoms with Gasteiger partial charge in [0, 0.05) is 12.2 Å². The van der Waals surface area contributed by atoms with Crippen molar-refractivity contribution in [2.24, 2.45) is 0 Å². The summed E-state index contributed by atoms with van der Waals surface area (Å²) in [4.78, 5) is 4.37. The molecule has 3 aromatic rings. The Morgan fingerprint density at radius 2 is 2.00 bits per heavy atom. The third-order valence-electron chi connectivity index (χ3n) is 3.21. The highest BCUT2D eigenvalue weighted by atomic mass is 16.4. The maximum Gasteiger partial charge on any atom is 0.295 e. The van der Waals surface area contributed by atoms with Crippen LogP contribution in [0.4, 0.5) is 11.7 Å². The number of hydrogen-bond acceptors (Lipinski definition) is 4. The molecule has 3 N–H and O–H groups in total. The SMILES string of the molecule is Cc1c(N)cccc1CNc1nc2ccccc2o1. The van der Waals surface area contributed by atoms with Gasteiger partial charge in [0.15, 0.2) is 5.58 Å². The van der Waals surface area contributed by atoms with Crippen LogP contribution in [0.15, 0.2) is 46.9 Å². The van der Waals surface area contributed by atoms with Gasteiger partial charge in [-0.05, 0) is 36.2 Å². The second-order valence-electron chi connectivity index (χ2n) is 4.47. The smallest absolute Gasteiger partial charge is 0.295 e. The van der Waals surface area contributed by atoms with Crippen molar-refractivity contribution >= 4 is 22.8 Å². The number of fused-ring (bicyclic) bond motifs is 1. The predicted octanol–water partition coefficient (Wildman–Crippen LogP) is 3.33. The number of hydrogen-bond donors (Lipinski definition) is 2. The third-order valence-corrected chi connectivity index (χ3v) is 3.21. The molecule has 4 nitrogen and oxygen atoms in total. The van der Waals surface area contributed by atoms with Gasteiger partial charge in [-0.3, -0.25) is 0 Å². The van der Waals surface area contributed by atoms with Crippen LogP contribution < -0.4 is 11.1 Å². The minimum atomic E-state index is 0.531. The Labute approximate surface area is 111 Å². The monoisotopic (exact) mass is 253 g/mol. The second kappa shape index (κ2) is 4.65. The van der Waals surface area contributed by atoms with Gasteiger partial charge in [0.1, 0.15) is 5.52 Å². The Balaban J connectivity index is 1.80. The van der Waals surface area contributed by atoms with Crippen molar-refractivity contribution in [3.05, 3.63) is 53.6 Å². The van der Waals surface area contributed by atoms with Gasteiger partial charge in [-0.25, -0.2) is 0 Å². The van der Waals surface area contributed by atoms with Crippen LogP contribution in [0, 0.1) is 6.92 Å². The van der Waals surface area contributed by atoms with Gasteiger partial charge in [-0.2, -0.15) is 4.98 Å². The highest BCUT2D eigenvalue weighted by Crippen LogP contribution is 2.20. The van der Waals surface area contributed by atoms with E-state index >= 15 is 0 Å². The lowest BCUT2D eigenvalue weighted by atomic mass is 10.1. The van der Waals surface area contributed by atoms with E-state index in [-0.39, 0.29) is 0 Å². The van der Waals surface area contributed by atoms with Crippen LogP contribution in [0.2, 0.25) is 0 Å². The van der Waals surface area contributed by atoms with Crippen molar-refractivity contribution in [3.8, 4) is 0 Å². The fraction of sp³-hybridized carbons (Fsp3) is 0.133. The number of anilines is 2. The molecule has 0 saturated carbocycles. The summed E-state index contributed by atoms with van der Waals surface area (Å²) < 4.78 is 5.61. The number of aromatic nitrogens is 1. The molecule has 2 aromatic carbocycles. The average Bonchev–Trinajstić information content (AvgIpc) is 2.83. The zero-order valence-corrected chi connectivity index (χ0v) is 10.7. The lowest BCUT2D eigenvalue weighted by molar-refractivity contribution is 0.614. The largest absolute Gasteiger partial charge is 0.424 e. The van der Waals surface area contributed by atoms with E-state index in [1.165, 1.54) is 0 Å². The Morgan fingerprint density at radius 1 is 1.16 bits per heavy atom. The number of benzene rings is 2. The molecule has 0 aliphatic heterocycles. The Bertz CT molecular complexity index is 685. The highest BCUT2D eigenvalue weighted by molar-refractivity contribution is 5.74. The molecule has 0 bridgehead atoms. The standard InChI is InChI=1S/C15H15N3O/c1-10-11(5-4-6-12(10)16)9-17-15-18-13-7-2-3-8-14(13)19-15/h2-8H,9,16H2,1H3,(H,17,18). The van der Waals surface area contributed by atoms with Gasteiger partial charge >= 0.3 is 0 Å². The summed E-state index contributed by atoms with van der Waals surface area (Å²) in [6.45, 7) is 2.65. The molecule has 0 radical (unpaired) electrons. The van der Waals surface area contributed by atoms with Crippen LogP contribution >= 0.6 is 0 Å². The third kappa shape index (κ3) is 2.25. The molecule has 4 heteroatoms. The topological polar surface area (TPSA) is 64.1 Å². The molecule has 0 atom stereocenters. The summed E-state index contributed by atoms with van der Waals surface area (Å²) in [6.07, 6.45) is 0. The summed E-state index contributed by atoms with van der Waals surface area (Å²) in [5.74, 6) is 0. The lowest BCUT2D eigenvalue weighted by Crippen LogP contribution is -2.03. The molecule has 0 fully saturated rings. The number of nitrogens with two attached hydrogens (primary N) is 1. The fourth-order valence-electron chi connectivity index (χ4n) is 2.01. The predicted molar refractivity (Wildman–Crippen MR) is 76.9 cm³/mol. The number of oxazole rings is 1. The fourth-order valence-corrected chi connectivity index (χ4v) is 2.01. The average molecular weight is 253 g/mol. The van der Waals surface area contributed by atoms with Gasteiger partial charge in [0.2, 0.25) is 0 Å². The number of para-hydroxylation sites is 2. The minimum Gasteiger partial charge on any atom is -0.424 e. The summed E-state index contributed by atoms with van der Waals surface area (Å²) in [6, 6.07) is 14.1. The van der Waals surface area contributed by atoms with E-state index in [1.807, 2.05) is 49.4 Å². The number of nitrogens with zero attached hydrogens (tertiary/aromatic N) is 1. The summed E-state index contributed by atoms with van der Waals surface area (Å²) in [7, 11) is 0. The molecule has 1 heterocycles. The van der Waals surface area contributed by atoms with Crippen molar-refractivity contribution < 1.29 is 4.42 Å². The van der Waals surface area contributed by atoms with Gasteiger partial charge in [0.05, 0.1) is 0 Å². The molecule has 19 heavy (non-hydrogen) atoms. The molecular formula is C15H15N3O. The summed E-state index contributed by atoms with van der Waals surface area (Å²) in [5, 5.41) is 3.19. The van der Waals surface area contributed by atoms with Crippen LogP contribution in [0.5, 0.6) is 0 Å². The van der Waals surface area contributed by atoms with Crippen molar-refractivity contribution in [1.82, 2.24) is 4.98 Å². The second-order valence-corrected chi connectivity index (χ2v) is 4.47.